The summed E-state index contributed by atoms with van der Waals surface area (Å²) in [5.74, 6) is 1.17. The summed E-state index contributed by atoms with van der Waals surface area (Å²) in [5, 5.41) is 3.60. The molecule has 3 rings (SSSR count). The molecule has 2 fully saturated rings. The third kappa shape index (κ3) is 3.51. The van der Waals surface area contributed by atoms with Gasteiger partial charge in [-0.3, -0.25) is 0 Å². The largest absolute Gasteiger partial charge is 0.357 e. The van der Waals surface area contributed by atoms with Crippen molar-refractivity contribution in [2.45, 2.75) is 59.0 Å². The minimum absolute atomic E-state index is 0.497. The van der Waals surface area contributed by atoms with E-state index in [2.05, 4.69) is 43.1 Å². The number of nitrogens with zero attached hydrogens (tertiary/aromatic N) is 2. The van der Waals surface area contributed by atoms with Crippen molar-refractivity contribution in [2.75, 3.05) is 18.0 Å². The van der Waals surface area contributed by atoms with Crippen LogP contribution in [0.4, 0.5) is 5.82 Å². The molecule has 2 heterocycles. The van der Waals surface area contributed by atoms with Crippen molar-refractivity contribution < 1.29 is 0 Å². The summed E-state index contributed by atoms with van der Waals surface area (Å²) in [7, 11) is 0. The first-order chi connectivity index (χ1) is 9.52. The summed E-state index contributed by atoms with van der Waals surface area (Å²) < 4.78 is 0. The Morgan fingerprint density at radius 3 is 2.60 bits per heavy atom. The average Bonchev–Trinajstić information content (AvgIpc) is 3.19. The van der Waals surface area contributed by atoms with Gasteiger partial charge >= 0.3 is 0 Å². The number of hydrogen-bond donors (Lipinski definition) is 1. The van der Waals surface area contributed by atoms with Crippen molar-refractivity contribution in [1.82, 2.24) is 10.3 Å². The van der Waals surface area contributed by atoms with Crippen LogP contribution in [0.25, 0.3) is 0 Å². The van der Waals surface area contributed by atoms with E-state index in [0.717, 1.165) is 31.4 Å². The summed E-state index contributed by atoms with van der Waals surface area (Å²) in [6.45, 7) is 10.1. The van der Waals surface area contributed by atoms with Crippen LogP contribution in [0.1, 0.15) is 50.8 Å². The number of hydrogen-bond acceptors (Lipinski definition) is 3. The van der Waals surface area contributed by atoms with Crippen molar-refractivity contribution in [3.8, 4) is 0 Å². The fourth-order valence-electron chi connectivity index (χ4n) is 2.88. The monoisotopic (exact) mass is 273 g/mol. The van der Waals surface area contributed by atoms with Gasteiger partial charge in [0.05, 0.1) is 0 Å². The number of aromatic nitrogens is 1. The maximum atomic E-state index is 4.75. The Hall–Kier alpha value is -1.09. The van der Waals surface area contributed by atoms with Crippen LogP contribution in [0.2, 0.25) is 0 Å². The summed E-state index contributed by atoms with van der Waals surface area (Å²) in [5.41, 5.74) is 3.01. The van der Waals surface area contributed by atoms with Crippen molar-refractivity contribution in [3.63, 3.8) is 0 Å². The highest BCUT2D eigenvalue weighted by Crippen LogP contribution is 2.32. The van der Waals surface area contributed by atoms with E-state index in [1.807, 2.05) is 0 Å². The van der Waals surface area contributed by atoms with Gasteiger partial charge in [-0.2, -0.15) is 0 Å². The lowest BCUT2D eigenvalue weighted by Crippen LogP contribution is -2.37. The molecule has 1 saturated carbocycles. The van der Waals surface area contributed by atoms with Gasteiger partial charge in [-0.05, 0) is 55.7 Å². The molecule has 20 heavy (non-hydrogen) atoms. The Morgan fingerprint density at radius 2 is 1.95 bits per heavy atom. The number of nitrogens with one attached hydrogen (secondary N) is 1. The molecular formula is C17H27N3. The van der Waals surface area contributed by atoms with Crippen LogP contribution in [0, 0.1) is 12.3 Å². The number of anilines is 1. The Labute approximate surface area is 122 Å². The molecule has 0 amide bonds. The second kappa shape index (κ2) is 5.36. The van der Waals surface area contributed by atoms with Gasteiger partial charge in [-0.25, -0.2) is 4.98 Å². The van der Waals surface area contributed by atoms with Crippen molar-refractivity contribution in [2.24, 2.45) is 5.41 Å². The summed E-state index contributed by atoms with van der Waals surface area (Å²) in [4.78, 5) is 7.20. The number of piperidine rings is 1. The first-order valence-corrected chi connectivity index (χ1v) is 7.98. The summed E-state index contributed by atoms with van der Waals surface area (Å²) in [6.07, 6.45) is 5.22. The Bertz CT molecular complexity index is 467. The number of pyridine rings is 1. The molecule has 0 spiro atoms. The van der Waals surface area contributed by atoms with Crippen molar-refractivity contribution in [1.29, 1.82) is 0 Å². The van der Waals surface area contributed by atoms with Crippen LogP contribution >= 0.6 is 0 Å². The maximum Gasteiger partial charge on any atom is 0.129 e. The van der Waals surface area contributed by atoms with Crippen LogP contribution in [0.3, 0.4) is 0 Å². The van der Waals surface area contributed by atoms with Gasteiger partial charge < -0.3 is 10.2 Å². The zero-order chi connectivity index (χ0) is 14.2. The Morgan fingerprint density at radius 1 is 1.25 bits per heavy atom. The topological polar surface area (TPSA) is 28.2 Å². The Balaban J connectivity index is 1.68. The van der Waals surface area contributed by atoms with E-state index in [0.29, 0.717) is 5.41 Å². The van der Waals surface area contributed by atoms with Gasteiger partial charge in [-0.15, -0.1) is 0 Å². The van der Waals surface area contributed by atoms with Gasteiger partial charge in [0.1, 0.15) is 5.82 Å². The molecular weight excluding hydrogens is 246 g/mol. The van der Waals surface area contributed by atoms with Crippen LogP contribution in [0.5, 0.6) is 0 Å². The first-order valence-electron chi connectivity index (χ1n) is 7.98. The maximum absolute atomic E-state index is 4.75. The van der Waals surface area contributed by atoms with Crippen LogP contribution < -0.4 is 10.2 Å². The van der Waals surface area contributed by atoms with Gasteiger partial charge in [0.15, 0.2) is 0 Å². The lowest BCUT2D eigenvalue weighted by atomic mass is 9.83. The molecule has 0 atom stereocenters. The van der Waals surface area contributed by atoms with Gasteiger partial charge in [0.2, 0.25) is 0 Å². The smallest absolute Gasteiger partial charge is 0.129 e. The molecule has 3 heteroatoms. The lowest BCUT2D eigenvalue weighted by molar-refractivity contribution is 0.279. The SMILES string of the molecule is Cc1cc(CNC2CC2)cc(N2CCC(C)(C)CC2)n1. The molecule has 0 aromatic carbocycles. The normalized spacial score (nSPS) is 22.1. The molecule has 1 aliphatic carbocycles. The summed E-state index contributed by atoms with van der Waals surface area (Å²) >= 11 is 0. The first kappa shape index (κ1) is 13.9. The number of aryl methyl sites for hydroxylation is 1. The number of rotatable bonds is 4. The fourth-order valence-corrected chi connectivity index (χ4v) is 2.88. The average molecular weight is 273 g/mol. The van der Waals surface area contributed by atoms with Crippen LogP contribution in [0.15, 0.2) is 12.1 Å². The summed E-state index contributed by atoms with van der Waals surface area (Å²) in [6, 6.07) is 5.26. The molecule has 0 unspecified atom stereocenters. The van der Waals surface area contributed by atoms with Gasteiger partial charge in [0, 0.05) is 31.4 Å². The molecule has 1 aromatic heterocycles. The third-order valence-electron chi connectivity index (χ3n) is 4.61. The molecule has 1 aliphatic heterocycles. The zero-order valence-electron chi connectivity index (χ0n) is 13.1. The second-order valence-electron chi connectivity index (χ2n) is 7.28. The minimum Gasteiger partial charge on any atom is -0.357 e. The van der Waals surface area contributed by atoms with Crippen LogP contribution in [-0.2, 0) is 6.54 Å². The lowest BCUT2D eigenvalue weighted by Gasteiger charge is -2.37. The molecule has 1 saturated heterocycles. The highest BCUT2D eigenvalue weighted by Gasteiger charge is 2.26. The Kier molecular flexibility index (Phi) is 3.72. The van der Waals surface area contributed by atoms with Crippen LogP contribution in [-0.4, -0.2) is 24.1 Å². The quantitative estimate of drug-likeness (QED) is 0.912. The molecule has 2 aliphatic rings. The van der Waals surface area contributed by atoms with Gasteiger partial charge in [0.25, 0.3) is 0 Å². The van der Waals surface area contributed by atoms with Crippen molar-refractivity contribution in [3.05, 3.63) is 23.4 Å². The zero-order valence-corrected chi connectivity index (χ0v) is 13.1. The van der Waals surface area contributed by atoms with E-state index in [1.54, 1.807) is 0 Å². The van der Waals surface area contributed by atoms with E-state index in [1.165, 1.54) is 37.1 Å². The van der Waals surface area contributed by atoms with E-state index in [-0.39, 0.29) is 0 Å². The predicted octanol–water partition coefficient (Wildman–Crippen LogP) is 3.27. The third-order valence-corrected chi connectivity index (χ3v) is 4.61. The van der Waals surface area contributed by atoms with E-state index in [9.17, 15) is 0 Å². The highest BCUT2D eigenvalue weighted by molar-refractivity contribution is 5.43. The molecule has 0 bridgehead atoms. The van der Waals surface area contributed by atoms with Crippen molar-refractivity contribution >= 4 is 5.82 Å². The van der Waals surface area contributed by atoms with E-state index in [4.69, 9.17) is 4.98 Å². The molecule has 1 N–H and O–H groups in total. The highest BCUT2D eigenvalue weighted by atomic mass is 15.2. The molecule has 3 nitrogen and oxygen atoms in total. The van der Waals surface area contributed by atoms with E-state index >= 15 is 0 Å². The standard InChI is InChI=1S/C17H27N3/c1-13-10-14(12-18-15-4-5-15)11-16(19-13)20-8-6-17(2,3)7-9-20/h10-11,15,18H,4-9,12H2,1-3H3. The molecule has 1 aromatic rings. The van der Waals surface area contributed by atoms with E-state index < -0.39 is 0 Å². The second-order valence-corrected chi connectivity index (χ2v) is 7.28. The molecule has 110 valence electrons. The van der Waals surface area contributed by atoms with Gasteiger partial charge in [-0.1, -0.05) is 13.8 Å². The minimum atomic E-state index is 0.497. The predicted molar refractivity (Wildman–Crippen MR) is 84.1 cm³/mol. The fraction of sp³-hybridized carbons (Fsp3) is 0.706. The molecule has 0 radical (unpaired) electrons.